The van der Waals surface area contributed by atoms with Gasteiger partial charge in [-0.25, -0.2) is 4.98 Å². The van der Waals surface area contributed by atoms with Gasteiger partial charge in [-0.3, -0.25) is 9.36 Å². The molecule has 0 fully saturated rings. The summed E-state index contributed by atoms with van der Waals surface area (Å²) in [6.45, 7) is 11.7. The molecule has 120 valence electrons. The lowest BCUT2D eigenvalue weighted by molar-refractivity contribution is 0.400. The predicted molar refractivity (Wildman–Crippen MR) is 87.2 cm³/mol. The van der Waals surface area contributed by atoms with E-state index in [4.69, 9.17) is 0 Å². The molecule has 0 aromatic carbocycles. The third kappa shape index (κ3) is 4.04. The topological polar surface area (TPSA) is 60.6 Å². The van der Waals surface area contributed by atoms with Crippen molar-refractivity contribution in [1.29, 1.82) is 0 Å². The number of nitrogens with zero attached hydrogens (tertiary/aromatic N) is 5. The van der Waals surface area contributed by atoms with E-state index in [1.807, 2.05) is 29.4 Å². The van der Waals surface area contributed by atoms with Crippen LogP contribution in [0.5, 0.6) is 0 Å². The molecule has 1 N–H and O–H groups in total. The molecule has 2 rings (SSSR count). The Morgan fingerprint density at radius 3 is 2.77 bits per heavy atom. The smallest absolute Gasteiger partial charge is 0.143 e. The predicted octanol–water partition coefficient (Wildman–Crippen LogP) is 2.38. The van der Waals surface area contributed by atoms with Crippen LogP contribution in [0.25, 0.3) is 0 Å². The summed E-state index contributed by atoms with van der Waals surface area (Å²) in [4.78, 5) is 4.39. The molecule has 0 aliphatic rings. The molecule has 0 saturated heterocycles. The van der Waals surface area contributed by atoms with Gasteiger partial charge in [0.05, 0.1) is 18.3 Å². The average Bonchev–Trinajstić information content (AvgIpc) is 3.01. The quantitative estimate of drug-likeness (QED) is 0.761. The largest absolute Gasteiger partial charge is 0.303 e. The van der Waals surface area contributed by atoms with Crippen molar-refractivity contribution in [2.24, 2.45) is 13.0 Å². The Labute approximate surface area is 132 Å². The maximum Gasteiger partial charge on any atom is 0.143 e. The van der Waals surface area contributed by atoms with Gasteiger partial charge in [-0.2, -0.15) is 10.2 Å². The molecule has 1 atom stereocenters. The van der Waals surface area contributed by atoms with E-state index < -0.39 is 0 Å². The monoisotopic (exact) mass is 302 g/mol. The molecule has 6 nitrogen and oxygen atoms in total. The van der Waals surface area contributed by atoms with E-state index in [-0.39, 0.29) is 6.04 Å². The highest BCUT2D eigenvalue weighted by Gasteiger charge is 2.18. The van der Waals surface area contributed by atoms with Gasteiger partial charge in [0.25, 0.3) is 0 Å². The molecule has 0 aliphatic carbocycles. The summed E-state index contributed by atoms with van der Waals surface area (Å²) >= 11 is 0. The minimum atomic E-state index is 0.189. The molecule has 2 heterocycles. The molecule has 0 unspecified atom stereocenters. The lowest BCUT2D eigenvalue weighted by atomic mass is 10.0. The van der Waals surface area contributed by atoms with E-state index in [9.17, 15) is 0 Å². The lowest BCUT2D eigenvalue weighted by Crippen LogP contribution is -2.25. The highest BCUT2D eigenvalue weighted by molar-refractivity contribution is 5.15. The normalized spacial score (nSPS) is 12.8. The molecule has 0 saturated carbocycles. The SMILES string of the molecule is C=CCn1cc(CN[C@H](CC(C)C)c2ncnn2C)c(C)n1. The highest BCUT2D eigenvalue weighted by Crippen LogP contribution is 2.20. The van der Waals surface area contributed by atoms with Gasteiger partial charge in [-0.1, -0.05) is 19.9 Å². The molecule has 22 heavy (non-hydrogen) atoms. The molecule has 2 aromatic rings. The van der Waals surface area contributed by atoms with Gasteiger partial charge in [-0.15, -0.1) is 6.58 Å². The summed E-state index contributed by atoms with van der Waals surface area (Å²) < 4.78 is 3.76. The van der Waals surface area contributed by atoms with Crippen molar-refractivity contribution >= 4 is 0 Å². The van der Waals surface area contributed by atoms with Crippen molar-refractivity contribution in [1.82, 2.24) is 29.9 Å². The van der Waals surface area contributed by atoms with E-state index in [2.05, 4.69) is 47.1 Å². The highest BCUT2D eigenvalue weighted by atomic mass is 15.3. The first-order valence-electron chi connectivity index (χ1n) is 7.72. The van der Waals surface area contributed by atoms with Crippen LogP contribution in [0.2, 0.25) is 0 Å². The second-order valence-electron chi connectivity index (χ2n) is 6.06. The maximum absolute atomic E-state index is 4.49. The van der Waals surface area contributed by atoms with E-state index in [1.165, 1.54) is 5.56 Å². The van der Waals surface area contributed by atoms with Crippen molar-refractivity contribution < 1.29 is 0 Å². The summed E-state index contributed by atoms with van der Waals surface area (Å²) in [6, 6.07) is 0.189. The number of aryl methyl sites for hydroxylation is 2. The van der Waals surface area contributed by atoms with Crippen LogP contribution in [0.15, 0.2) is 25.2 Å². The Bertz CT molecular complexity index is 610. The Morgan fingerprint density at radius 2 is 2.18 bits per heavy atom. The molecule has 2 aromatic heterocycles. The Morgan fingerprint density at radius 1 is 1.41 bits per heavy atom. The third-order valence-corrected chi connectivity index (χ3v) is 3.67. The minimum absolute atomic E-state index is 0.189. The van der Waals surface area contributed by atoms with Crippen LogP contribution in [0.3, 0.4) is 0 Å². The zero-order valence-electron chi connectivity index (χ0n) is 14.0. The summed E-state index contributed by atoms with van der Waals surface area (Å²) in [5.74, 6) is 1.56. The van der Waals surface area contributed by atoms with Crippen molar-refractivity contribution in [2.45, 2.75) is 46.3 Å². The zero-order valence-corrected chi connectivity index (χ0v) is 14.0. The standard InChI is InChI=1S/C16H26N6/c1-6-7-22-10-14(13(4)20-22)9-17-15(8-12(2)3)16-18-11-19-21(16)5/h6,10-12,15,17H,1,7-9H2,2-5H3/t15-/m1/s1. The summed E-state index contributed by atoms with van der Waals surface area (Å²) in [7, 11) is 1.94. The lowest BCUT2D eigenvalue weighted by Gasteiger charge is -2.19. The van der Waals surface area contributed by atoms with Crippen molar-refractivity contribution in [3.63, 3.8) is 0 Å². The Kier molecular flexibility index (Phi) is 5.49. The molecule has 0 amide bonds. The van der Waals surface area contributed by atoms with E-state index in [0.717, 1.165) is 31.0 Å². The minimum Gasteiger partial charge on any atom is -0.303 e. The number of hydrogen-bond donors (Lipinski definition) is 1. The Balaban J connectivity index is 2.08. The zero-order chi connectivity index (χ0) is 16.1. The van der Waals surface area contributed by atoms with Gasteiger partial charge in [0, 0.05) is 25.4 Å². The van der Waals surface area contributed by atoms with Crippen molar-refractivity contribution in [2.75, 3.05) is 0 Å². The fourth-order valence-electron chi connectivity index (χ4n) is 2.56. The fraction of sp³-hybridized carbons (Fsp3) is 0.562. The number of aromatic nitrogens is 5. The van der Waals surface area contributed by atoms with Crippen LogP contribution in [-0.2, 0) is 20.1 Å². The van der Waals surface area contributed by atoms with Gasteiger partial charge in [0.2, 0.25) is 0 Å². The Hall–Kier alpha value is -1.95. The third-order valence-electron chi connectivity index (χ3n) is 3.67. The van der Waals surface area contributed by atoms with E-state index in [0.29, 0.717) is 5.92 Å². The molecule has 0 bridgehead atoms. The number of allylic oxidation sites excluding steroid dienone is 1. The summed E-state index contributed by atoms with van der Waals surface area (Å²) in [6.07, 6.45) is 6.56. The van der Waals surface area contributed by atoms with Gasteiger partial charge in [-0.05, 0) is 19.3 Å². The number of hydrogen-bond acceptors (Lipinski definition) is 4. The first-order chi connectivity index (χ1) is 10.5. The van der Waals surface area contributed by atoms with Crippen molar-refractivity contribution in [3.05, 3.63) is 42.3 Å². The molecule has 0 radical (unpaired) electrons. The van der Waals surface area contributed by atoms with Crippen LogP contribution in [0.4, 0.5) is 0 Å². The first-order valence-corrected chi connectivity index (χ1v) is 7.72. The molecular weight excluding hydrogens is 276 g/mol. The molecule has 0 aliphatic heterocycles. The summed E-state index contributed by atoms with van der Waals surface area (Å²) in [5, 5.41) is 12.3. The van der Waals surface area contributed by atoms with Gasteiger partial charge >= 0.3 is 0 Å². The molecular formula is C16H26N6. The number of nitrogens with one attached hydrogen (secondary N) is 1. The van der Waals surface area contributed by atoms with Crippen LogP contribution >= 0.6 is 0 Å². The van der Waals surface area contributed by atoms with Gasteiger partial charge in [0.15, 0.2) is 0 Å². The van der Waals surface area contributed by atoms with Crippen molar-refractivity contribution in [3.8, 4) is 0 Å². The van der Waals surface area contributed by atoms with Crippen LogP contribution < -0.4 is 5.32 Å². The van der Waals surface area contributed by atoms with Crippen LogP contribution in [0, 0.1) is 12.8 Å². The van der Waals surface area contributed by atoms with Crippen LogP contribution in [0.1, 0.15) is 43.4 Å². The van der Waals surface area contributed by atoms with Crippen LogP contribution in [-0.4, -0.2) is 24.5 Å². The molecule has 6 heteroatoms. The number of rotatable bonds is 8. The molecule has 0 spiro atoms. The summed E-state index contributed by atoms with van der Waals surface area (Å²) in [5.41, 5.74) is 2.26. The van der Waals surface area contributed by atoms with Gasteiger partial charge < -0.3 is 5.32 Å². The second-order valence-corrected chi connectivity index (χ2v) is 6.06. The maximum atomic E-state index is 4.49. The average molecular weight is 302 g/mol. The van der Waals surface area contributed by atoms with E-state index in [1.54, 1.807) is 6.33 Å². The van der Waals surface area contributed by atoms with Gasteiger partial charge in [0.1, 0.15) is 12.2 Å². The second kappa shape index (κ2) is 7.35. The fourth-order valence-corrected chi connectivity index (χ4v) is 2.56. The van der Waals surface area contributed by atoms with E-state index >= 15 is 0 Å². The first kappa shape index (κ1) is 16.4.